The van der Waals surface area contributed by atoms with Gasteiger partial charge in [-0.2, -0.15) is 0 Å². The van der Waals surface area contributed by atoms with E-state index >= 15 is 0 Å². The summed E-state index contributed by atoms with van der Waals surface area (Å²) >= 11 is 3.33. The zero-order valence-electron chi connectivity index (χ0n) is 12.2. The summed E-state index contributed by atoms with van der Waals surface area (Å²) in [5.74, 6) is -0.0756. The third-order valence-corrected chi connectivity index (χ3v) is 4.46. The van der Waals surface area contributed by atoms with Crippen LogP contribution >= 0.6 is 15.9 Å². The molecular formula is C16H23BrN2O2. The van der Waals surface area contributed by atoms with Crippen molar-refractivity contribution >= 4 is 27.5 Å². The first-order valence-corrected chi connectivity index (χ1v) is 8.41. The third kappa shape index (κ3) is 5.32. The molecule has 4 nitrogen and oxygen atoms in total. The number of benzene rings is 1. The number of carbonyl (C=O) groups is 1. The van der Waals surface area contributed by atoms with Crippen molar-refractivity contribution in [1.82, 2.24) is 5.32 Å². The predicted octanol–water partition coefficient (Wildman–Crippen LogP) is 3.50. The van der Waals surface area contributed by atoms with Crippen molar-refractivity contribution in [2.45, 2.75) is 44.6 Å². The molecule has 21 heavy (non-hydrogen) atoms. The van der Waals surface area contributed by atoms with Crippen LogP contribution in [-0.2, 0) is 4.74 Å². The molecule has 1 saturated carbocycles. The monoisotopic (exact) mass is 354 g/mol. The van der Waals surface area contributed by atoms with E-state index in [4.69, 9.17) is 10.5 Å². The number of rotatable bonds is 6. The number of nitrogen functional groups attached to an aromatic ring is 1. The van der Waals surface area contributed by atoms with Gasteiger partial charge < -0.3 is 15.8 Å². The molecule has 0 radical (unpaired) electrons. The normalized spacial score (nSPS) is 15.9. The fourth-order valence-electron chi connectivity index (χ4n) is 2.53. The topological polar surface area (TPSA) is 64.4 Å². The highest BCUT2D eigenvalue weighted by Gasteiger charge is 2.13. The van der Waals surface area contributed by atoms with E-state index in [1.54, 1.807) is 18.2 Å². The van der Waals surface area contributed by atoms with Gasteiger partial charge in [-0.15, -0.1) is 0 Å². The number of nitrogens with one attached hydrogen (secondary N) is 1. The lowest BCUT2D eigenvalue weighted by atomic mass is 9.98. The number of nitrogens with two attached hydrogens (primary N) is 1. The molecule has 1 aliphatic rings. The SMILES string of the molecule is Nc1ccc(C(=O)NCCCOC2CCCCC2)cc1Br. The summed E-state index contributed by atoms with van der Waals surface area (Å²) in [6.07, 6.45) is 7.56. The molecule has 0 aromatic heterocycles. The van der Waals surface area contributed by atoms with Crippen LogP contribution in [0.2, 0.25) is 0 Å². The van der Waals surface area contributed by atoms with Gasteiger partial charge in [0.25, 0.3) is 5.91 Å². The summed E-state index contributed by atoms with van der Waals surface area (Å²) < 4.78 is 6.58. The quantitative estimate of drug-likeness (QED) is 0.606. The van der Waals surface area contributed by atoms with Crippen molar-refractivity contribution in [2.24, 2.45) is 0 Å². The smallest absolute Gasteiger partial charge is 0.251 e. The van der Waals surface area contributed by atoms with Gasteiger partial charge in [0.15, 0.2) is 0 Å². The van der Waals surface area contributed by atoms with Crippen molar-refractivity contribution in [1.29, 1.82) is 0 Å². The predicted molar refractivity (Wildman–Crippen MR) is 88.3 cm³/mol. The lowest BCUT2D eigenvalue weighted by Gasteiger charge is -2.21. The van der Waals surface area contributed by atoms with Gasteiger partial charge in [-0.3, -0.25) is 4.79 Å². The van der Waals surface area contributed by atoms with Crippen LogP contribution in [0.4, 0.5) is 5.69 Å². The molecule has 1 fully saturated rings. The lowest BCUT2D eigenvalue weighted by molar-refractivity contribution is 0.0273. The van der Waals surface area contributed by atoms with Crippen molar-refractivity contribution < 1.29 is 9.53 Å². The Kier molecular flexibility index (Phi) is 6.51. The number of ether oxygens (including phenoxy) is 1. The molecule has 0 heterocycles. The van der Waals surface area contributed by atoms with Gasteiger partial charge in [0.05, 0.1) is 6.10 Å². The molecule has 0 atom stereocenters. The molecule has 0 bridgehead atoms. The number of halogens is 1. The zero-order valence-corrected chi connectivity index (χ0v) is 13.8. The Labute approximate surface area is 134 Å². The minimum Gasteiger partial charge on any atom is -0.398 e. The van der Waals surface area contributed by atoms with Crippen molar-refractivity contribution in [3.63, 3.8) is 0 Å². The van der Waals surface area contributed by atoms with E-state index in [0.717, 1.165) is 17.5 Å². The molecule has 0 spiro atoms. The van der Waals surface area contributed by atoms with Gasteiger partial charge >= 0.3 is 0 Å². The minimum absolute atomic E-state index is 0.0756. The summed E-state index contributed by atoms with van der Waals surface area (Å²) in [6.45, 7) is 1.35. The first-order chi connectivity index (χ1) is 10.2. The van der Waals surface area contributed by atoms with Crippen LogP contribution in [0.25, 0.3) is 0 Å². The molecule has 1 aromatic rings. The van der Waals surface area contributed by atoms with Crippen molar-refractivity contribution in [2.75, 3.05) is 18.9 Å². The van der Waals surface area contributed by atoms with E-state index in [9.17, 15) is 4.79 Å². The second kappa shape index (κ2) is 8.39. The standard InChI is InChI=1S/C16H23BrN2O2/c17-14-11-12(7-8-15(14)18)16(20)19-9-4-10-21-13-5-2-1-3-6-13/h7-8,11,13H,1-6,9-10,18H2,(H,19,20). The molecule has 116 valence electrons. The Morgan fingerprint density at radius 1 is 1.33 bits per heavy atom. The maximum Gasteiger partial charge on any atom is 0.251 e. The summed E-state index contributed by atoms with van der Waals surface area (Å²) in [4.78, 5) is 12.0. The van der Waals surface area contributed by atoms with Gasteiger partial charge in [0.2, 0.25) is 0 Å². The summed E-state index contributed by atoms with van der Waals surface area (Å²) in [7, 11) is 0. The van der Waals surface area contributed by atoms with Gasteiger partial charge in [0.1, 0.15) is 0 Å². The van der Waals surface area contributed by atoms with E-state index in [1.165, 1.54) is 32.1 Å². The second-order valence-electron chi connectivity index (χ2n) is 5.48. The lowest BCUT2D eigenvalue weighted by Crippen LogP contribution is -2.26. The summed E-state index contributed by atoms with van der Waals surface area (Å²) in [6, 6.07) is 5.20. The largest absolute Gasteiger partial charge is 0.398 e. The highest BCUT2D eigenvalue weighted by atomic mass is 79.9. The molecule has 1 aliphatic carbocycles. The van der Waals surface area contributed by atoms with Crippen LogP contribution in [-0.4, -0.2) is 25.2 Å². The van der Waals surface area contributed by atoms with Crippen LogP contribution in [0.3, 0.4) is 0 Å². The van der Waals surface area contributed by atoms with E-state index in [0.29, 0.717) is 23.9 Å². The molecule has 0 unspecified atom stereocenters. The second-order valence-corrected chi connectivity index (χ2v) is 6.33. The maximum atomic E-state index is 12.0. The van der Waals surface area contributed by atoms with Crippen molar-refractivity contribution in [3.8, 4) is 0 Å². The van der Waals surface area contributed by atoms with Crippen LogP contribution in [0.15, 0.2) is 22.7 Å². The van der Waals surface area contributed by atoms with E-state index in [-0.39, 0.29) is 5.91 Å². The Bertz CT molecular complexity index is 473. The fourth-order valence-corrected chi connectivity index (χ4v) is 2.91. The van der Waals surface area contributed by atoms with Gasteiger partial charge in [0, 0.05) is 28.9 Å². The van der Waals surface area contributed by atoms with Crippen LogP contribution in [0.1, 0.15) is 48.9 Å². The molecule has 5 heteroatoms. The molecular weight excluding hydrogens is 332 g/mol. The van der Waals surface area contributed by atoms with Gasteiger partial charge in [-0.25, -0.2) is 0 Å². The molecule has 0 saturated heterocycles. The van der Waals surface area contributed by atoms with E-state index in [2.05, 4.69) is 21.2 Å². The van der Waals surface area contributed by atoms with Crippen LogP contribution in [0, 0.1) is 0 Å². The first kappa shape index (κ1) is 16.3. The maximum absolute atomic E-state index is 12.0. The summed E-state index contributed by atoms with van der Waals surface area (Å²) in [5, 5.41) is 2.90. The first-order valence-electron chi connectivity index (χ1n) is 7.61. The Morgan fingerprint density at radius 3 is 2.81 bits per heavy atom. The number of hydrogen-bond donors (Lipinski definition) is 2. The Hall–Kier alpha value is -1.07. The Morgan fingerprint density at radius 2 is 2.10 bits per heavy atom. The fraction of sp³-hybridized carbons (Fsp3) is 0.562. The van der Waals surface area contributed by atoms with Crippen LogP contribution in [0.5, 0.6) is 0 Å². The average Bonchev–Trinajstić information content (AvgIpc) is 2.50. The Balaban J connectivity index is 1.63. The van der Waals surface area contributed by atoms with Gasteiger partial charge in [-0.05, 0) is 53.4 Å². The molecule has 1 amide bonds. The third-order valence-electron chi connectivity index (χ3n) is 3.78. The molecule has 3 N–H and O–H groups in total. The molecule has 1 aromatic carbocycles. The molecule has 0 aliphatic heterocycles. The minimum atomic E-state index is -0.0756. The number of anilines is 1. The highest BCUT2D eigenvalue weighted by Crippen LogP contribution is 2.21. The van der Waals surface area contributed by atoms with Crippen LogP contribution < -0.4 is 11.1 Å². The number of carbonyl (C=O) groups excluding carboxylic acids is 1. The highest BCUT2D eigenvalue weighted by molar-refractivity contribution is 9.10. The number of amides is 1. The van der Waals surface area contributed by atoms with Gasteiger partial charge in [-0.1, -0.05) is 19.3 Å². The average molecular weight is 355 g/mol. The van der Waals surface area contributed by atoms with E-state index in [1.807, 2.05) is 0 Å². The zero-order chi connectivity index (χ0) is 15.1. The van der Waals surface area contributed by atoms with Crippen molar-refractivity contribution in [3.05, 3.63) is 28.2 Å². The number of hydrogen-bond acceptors (Lipinski definition) is 3. The molecule has 2 rings (SSSR count). The van der Waals surface area contributed by atoms with E-state index < -0.39 is 0 Å². The summed E-state index contributed by atoms with van der Waals surface area (Å²) in [5.41, 5.74) is 6.95.